The Balaban J connectivity index is 2.17. The molecule has 0 atom stereocenters. The minimum atomic E-state index is -0.440. The van der Waals surface area contributed by atoms with Crippen molar-refractivity contribution in [2.45, 2.75) is 0 Å². The predicted molar refractivity (Wildman–Crippen MR) is 75.0 cm³/mol. The molecule has 2 aromatic carbocycles. The van der Waals surface area contributed by atoms with Crippen LogP contribution in [-0.2, 0) is 0 Å². The van der Waals surface area contributed by atoms with Crippen LogP contribution in [0.15, 0.2) is 48.5 Å². The van der Waals surface area contributed by atoms with E-state index in [2.05, 4.69) is 22.6 Å². The number of esters is 1. The number of anilines is 1. The van der Waals surface area contributed by atoms with Gasteiger partial charge in [-0.2, -0.15) is 0 Å². The second-order valence-corrected chi connectivity index (χ2v) is 4.68. The van der Waals surface area contributed by atoms with E-state index in [0.29, 0.717) is 17.0 Å². The van der Waals surface area contributed by atoms with E-state index in [1.165, 1.54) is 0 Å². The Kier molecular flexibility index (Phi) is 3.63. The molecule has 0 saturated carbocycles. The Hall–Kier alpha value is -1.56. The summed E-state index contributed by atoms with van der Waals surface area (Å²) in [5, 5.41) is 0. The smallest absolute Gasteiger partial charge is 0.345 e. The molecule has 0 amide bonds. The van der Waals surface area contributed by atoms with Gasteiger partial charge in [0.05, 0.1) is 5.56 Å². The molecular weight excluding hydrogens is 329 g/mol. The standard InChI is InChI=1S/C13H10INO2/c14-9-5-7-10(8-6-9)17-13(16)11-3-1-2-4-12(11)15/h1-8H,15H2. The van der Waals surface area contributed by atoms with E-state index in [-0.39, 0.29) is 0 Å². The zero-order valence-corrected chi connectivity index (χ0v) is 11.0. The first kappa shape index (κ1) is 11.9. The van der Waals surface area contributed by atoms with E-state index in [4.69, 9.17) is 10.5 Å². The lowest BCUT2D eigenvalue weighted by atomic mass is 10.2. The lowest BCUT2D eigenvalue weighted by molar-refractivity contribution is 0.0736. The van der Waals surface area contributed by atoms with Crippen molar-refractivity contribution in [2.75, 3.05) is 5.73 Å². The van der Waals surface area contributed by atoms with Crippen LogP contribution in [0.25, 0.3) is 0 Å². The fourth-order valence-electron chi connectivity index (χ4n) is 1.35. The van der Waals surface area contributed by atoms with E-state index >= 15 is 0 Å². The van der Waals surface area contributed by atoms with E-state index < -0.39 is 5.97 Å². The normalized spacial score (nSPS) is 9.94. The summed E-state index contributed by atoms with van der Waals surface area (Å²) in [4.78, 5) is 11.8. The Morgan fingerprint density at radius 1 is 1.06 bits per heavy atom. The molecule has 0 bridgehead atoms. The molecule has 4 heteroatoms. The van der Waals surface area contributed by atoms with Gasteiger partial charge in [0.1, 0.15) is 5.75 Å². The van der Waals surface area contributed by atoms with Gasteiger partial charge in [0.15, 0.2) is 0 Å². The van der Waals surface area contributed by atoms with Crippen molar-refractivity contribution >= 4 is 34.2 Å². The summed E-state index contributed by atoms with van der Waals surface area (Å²) in [6.07, 6.45) is 0. The molecule has 0 aromatic heterocycles. The Bertz CT molecular complexity index is 537. The molecule has 0 fully saturated rings. The second-order valence-electron chi connectivity index (χ2n) is 3.43. The third-order valence-electron chi connectivity index (χ3n) is 2.20. The number of nitrogens with two attached hydrogens (primary N) is 1. The average Bonchev–Trinajstić information content (AvgIpc) is 2.32. The Morgan fingerprint density at radius 2 is 1.71 bits per heavy atom. The van der Waals surface area contributed by atoms with Crippen molar-refractivity contribution in [1.82, 2.24) is 0 Å². The first-order chi connectivity index (χ1) is 8.16. The molecule has 17 heavy (non-hydrogen) atoms. The molecule has 2 N–H and O–H groups in total. The minimum Gasteiger partial charge on any atom is -0.423 e. The SMILES string of the molecule is Nc1ccccc1C(=O)Oc1ccc(I)cc1. The first-order valence-electron chi connectivity index (χ1n) is 4.99. The third kappa shape index (κ3) is 2.97. The van der Waals surface area contributed by atoms with Gasteiger partial charge in [-0.1, -0.05) is 12.1 Å². The molecule has 0 spiro atoms. The molecule has 0 aliphatic heterocycles. The summed E-state index contributed by atoms with van der Waals surface area (Å²) in [6, 6.07) is 14.1. The van der Waals surface area contributed by atoms with E-state index in [0.717, 1.165) is 3.57 Å². The molecule has 0 radical (unpaired) electrons. The zero-order valence-electron chi connectivity index (χ0n) is 8.89. The molecule has 2 rings (SSSR count). The number of carbonyl (C=O) groups is 1. The molecule has 3 nitrogen and oxygen atoms in total. The first-order valence-corrected chi connectivity index (χ1v) is 6.07. The highest BCUT2D eigenvalue weighted by molar-refractivity contribution is 14.1. The van der Waals surface area contributed by atoms with Gasteiger partial charge < -0.3 is 10.5 Å². The number of carbonyl (C=O) groups excluding carboxylic acids is 1. The van der Waals surface area contributed by atoms with Gasteiger partial charge in [-0.3, -0.25) is 0 Å². The second kappa shape index (κ2) is 5.18. The maximum absolute atomic E-state index is 11.8. The van der Waals surface area contributed by atoms with Crippen LogP contribution in [-0.4, -0.2) is 5.97 Å². The highest BCUT2D eigenvalue weighted by Gasteiger charge is 2.11. The predicted octanol–water partition coefficient (Wildman–Crippen LogP) is 3.09. The fraction of sp³-hybridized carbons (Fsp3) is 0. The van der Waals surface area contributed by atoms with E-state index in [9.17, 15) is 4.79 Å². The van der Waals surface area contributed by atoms with Gasteiger partial charge in [-0.25, -0.2) is 4.79 Å². The molecule has 0 aliphatic carbocycles. The van der Waals surface area contributed by atoms with Crippen molar-refractivity contribution in [3.8, 4) is 5.75 Å². The number of halogens is 1. The van der Waals surface area contributed by atoms with Crippen LogP contribution in [0.3, 0.4) is 0 Å². The van der Waals surface area contributed by atoms with E-state index in [1.807, 2.05) is 12.1 Å². The Labute approximate surface area is 113 Å². The summed E-state index contributed by atoms with van der Waals surface area (Å²) in [6.45, 7) is 0. The molecule has 0 saturated heterocycles. The van der Waals surface area contributed by atoms with Gasteiger partial charge in [-0.15, -0.1) is 0 Å². The van der Waals surface area contributed by atoms with Gasteiger partial charge >= 0.3 is 5.97 Å². The maximum atomic E-state index is 11.8. The van der Waals surface area contributed by atoms with Gasteiger partial charge in [-0.05, 0) is 59.0 Å². The van der Waals surface area contributed by atoms with Crippen molar-refractivity contribution in [1.29, 1.82) is 0 Å². The molecule has 0 aliphatic rings. The number of ether oxygens (including phenoxy) is 1. The fourth-order valence-corrected chi connectivity index (χ4v) is 1.71. The van der Waals surface area contributed by atoms with Crippen molar-refractivity contribution in [2.24, 2.45) is 0 Å². The lowest BCUT2D eigenvalue weighted by Crippen LogP contribution is -2.10. The average molecular weight is 339 g/mol. The summed E-state index contributed by atoms with van der Waals surface area (Å²) in [7, 11) is 0. The highest BCUT2D eigenvalue weighted by Crippen LogP contribution is 2.17. The van der Waals surface area contributed by atoms with Crippen LogP contribution in [0.5, 0.6) is 5.75 Å². The van der Waals surface area contributed by atoms with Crippen LogP contribution >= 0.6 is 22.6 Å². The molecule has 2 aromatic rings. The van der Waals surface area contributed by atoms with Crippen LogP contribution in [0.4, 0.5) is 5.69 Å². The van der Waals surface area contributed by atoms with Crippen LogP contribution in [0.2, 0.25) is 0 Å². The number of hydrogen-bond acceptors (Lipinski definition) is 3. The maximum Gasteiger partial charge on any atom is 0.345 e. The molecule has 86 valence electrons. The van der Waals surface area contributed by atoms with Crippen LogP contribution in [0.1, 0.15) is 10.4 Å². The summed E-state index contributed by atoms with van der Waals surface area (Å²) >= 11 is 2.19. The summed E-state index contributed by atoms with van der Waals surface area (Å²) < 4.78 is 6.30. The zero-order chi connectivity index (χ0) is 12.3. The van der Waals surface area contributed by atoms with Crippen LogP contribution < -0.4 is 10.5 Å². The Morgan fingerprint density at radius 3 is 2.35 bits per heavy atom. The quantitative estimate of drug-likeness (QED) is 0.396. The van der Waals surface area contributed by atoms with Gasteiger partial charge in [0.25, 0.3) is 0 Å². The molecule has 0 unspecified atom stereocenters. The molecule has 0 heterocycles. The minimum absolute atomic E-state index is 0.381. The van der Waals surface area contributed by atoms with Crippen molar-refractivity contribution in [3.63, 3.8) is 0 Å². The van der Waals surface area contributed by atoms with Crippen LogP contribution in [0, 0.1) is 3.57 Å². The number of rotatable bonds is 2. The number of benzene rings is 2. The lowest BCUT2D eigenvalue weighted by Gasteiger charge is -2.06. The topological polar surface area (TPSA) is 52.3 Å². The summed E-state index contributed by atoms with van der Waals surface area (Å²) in [5.74, 6) is 0.0722. The summed E-state index contributed by atoms with van der Waals surface area (Å²) in [5.41, 5.74) is 6.50. The molecular formula is C13H10INO2. The van der Waals surface area contributed by atoms with Crippen molar-refractivity contribution in [3.05, 3.63) is 57.7 Å². The van der Waals surface area contributed by atoms with E-state index in [1.54, 1.807) is 36.4 Å². The van der Waals surface area contributed by atoms with Crippen molar-refractivity contribution < 1.29 is 9.53 Å². The number of para-hydroxylation sites is 1. The highest BCUT2D eigenvalue weighted by atomic mass is 127. The van der Waals surface area contributed by atoms with Gasteiger partial charge in [0.2, 0.25) is 0 Å². The monoisotopic (exact) mass is 339 g/mol. The van der Waals surface area contributed by atoms with Gasteiger partial charge in [0, 0.05) is 9.26 Å². The largest absolute Gasteiger partial charge is 0.423 e. The third-order valence-corrected chi connectivity index (χ3v) is 2.92. The number of hydrogen-bond donors (Lipinski definition) is 1. The number of nitrogen functional groups attached to an aromatic ring is 1.